The van der Waals surface area contributed by atoms with E-state index in [1.54, 1.807) is 25.1 Å². The predicted octanol–water partition coefficient (Wildman–Crippen LogP) is 3.71. The van der Waals surface area contributed by atoms with Gasteiger partial charge in [-0.3, -0.25) is 0 Å². The first-order valence-corrected chi connectivity index (χ1v) is 7.29. The topological polar surface area (TPSA) is 28.2 Å². The van der Waals surface area contributed by atoms with Crippen LogP contribution in [0, 0.1) is 11.8 Å². The zero-order valence-electron chi connectivity index (χ0n) is 12.5. The third-order valence-electron chi connectivity index (χ3n) is 4.20. The first-order chi connectivity index (χ1) is 10.4. The molecule has 2 aliphatic rings. The number of fused-ring (bicyclic) bond motifs is 1. The molecule has 0 aromatic carbocycles. The van der Waals surface area contributed by atoms with E-state index in [0.717, 1.165) is 24.6 Å². The Hall–Kier alpha value is -1.98. The molecule has 22 heavy (non-hydrogen) atoms. The van der Waals surface area contributed by atoms with E-state index in [-0.39, 0.29) is 0 Å². The number of anilines is 2. The molecule has 1 aromatic heterocycles. The Kier molecular flexibility index (Phi) is 3.62. The van der Waals surface area contributed by atoms with Crippen molar-refractivity contribution in [2.75, 3.05) is 30.4 Å². The SMILES string of the molecule is CC1C=CC(c2ccc3c(n2)NCCN3C)=CC1C(F)(F)F. The monoisotopic (exact) mass is 309 g/mol. The molecule has 0 fully saturated rings. The number of allylic oxidation sites excluding steroid dienone is 4. The number of halogens is 3. The second-order valence-electron chi connectivity index (χ2n) is 5.82. The highest BCUT2D eigenvalue weighted by Gasteiger charge is 2.42. The average Bonchev–Trinajstić information content (AvgIpc) is 2.46. The highest BCUT2D eigenvalue weighted by molar-refractivity contribution is 5.77. The first kappa shape index (κ1) is 14.9. The van der Waals surface area contributed by atoms with Crippen LogP contribution in [-0.2, 0) is 0 Å². The number of hydrogen-bond donors (Lipinski definition) is 1. The summed E-state index contributed by atoms with van der Waals surface area (Å²) in [6.45, 7) is 3.24. The fourth-order valence-corrected chi connectivity index (χ4v) is 2.85. The number of alkyl halides is 3. The number of rotatable bonds is 1. The standard InChI is InChI=1S/C16H18F3N3/c1-10-3-4-11(9-12(10)16(17,18)19)13-5-6-14-15(21-13)20-7-8-22(14)2/h3-6,9-10,12H,7-8H2,1-2H3,(H,20,21). The van der Waals surface area contributed by atoms with Crippen LogP contribution in [-0.4, -0.2) is 31.3 Å². The summed E-state index contributed by atoms with van der Waals surface area (Å²) in [5, 5.41) is 3.20. The van der Waals surface area contributed by atoms with Crippen molar-refractivity contribution >= 4 is 17.1 Å². The number of nitrogens with zero attached hydrogens (tertiary/aromatic N) is 2. The van der Waals surface area contributed by atoms with Gasteiger partial charge < -0.3 is 10.2 Å². The normalized spacial score (nSPS) is 24.6. The molecule has 2 atom stereocenters. The van der Waals surface area contributed by atoms with Gasteiger partial charge in [-0.2, -0.15) is 13.2 Å². The van der Waals surface area contributed by atoms with Crippen LogP contribution >= 0.6 is 0 Å². The molecule has 3 nitrogen and oxygen atoms in total. The van der Waals surface area contributed by atoms with Crippen molar-refractivity contribution < 1.29 is 13.2 Å². The zero-order chi connectivity index (χ0) is 15.9. The van der Waals surface area contributed by atoms with Crippen LogP contribution < -0.4 is 10.2 Å². The predicted molar refractivity (Wildman–Crippen MR) is 81.8 cm³/mol. The molecule has 118 valence electrons. The van der Waals surface area contributed by atoms with Crippen LogP contribution in [0.2, 0.25) is 0 Å². The van der Waals surface area contributed by atoms with E-state index >= 15 is 0 Å². The van der Waals surface area contributed by atoms with E-state index in [2.05, 4.69) is 15.2 Å². The van der Waals surface area contributed by atoms with Gasteiger partial charge in [-0.15, -0.1) is 0 Å². The molecular formula is C16H18F3N3. The molecule has 2 unspecified atom stereocenters. The Morgan fingerprint density at radius 1 is 1.32 bits per heavy atom. The first-order valence-electron chi connectivity index (χ1n) is 7.29. The van der Waals surface area contributed by atoms with Crippen LogP contribution in [0.4, 0.5) is 24.7 Å². The number of likely N-dealkylation sites (N-methyl/N-ethyl adjacent to an activating group) is 1. The van der Waals surface area contributed by atoms with Crippen molar-refractivity contribution in [3.63, 3.8) is 0 Å². The van der Waals surface area contributed by atoms with E-state index in [4.69, 9.17) is 0 Å². The van der Waals surface area contributed by atoms with E-state index in [1.165, 1.54) is 6.08 Å². The summed E-state index contributed by atoms with van der Waals surface area (Å²) in [4.78, 5) is 6.57. The van der Waals surface area contributed by atoms with Crippen LogP contribution in [0.5, 0.6) is 0 Å². The average molecular weight is 309 g/mol. The lowest BCUT2D eigenvalue weighted by molar-refractivity contribution is -0.168. The lowest BCUT2D eigenvalue weighted by atomic mass is 9.85. The minimum Gasteiger partial charge on any atom is -0.370 e. The quantitative estimate of drug-likeness (QED) is 0.857. The van der Waals surface area contributed by atoms with Gasteiger partial charge in [0.1, 0.15) is 5.82 Å². The molecule has 0 saturated heterocycles. The van der Waals surface area contributed by atoms with Gasteiger partial charge in [0.2, 0.25) is 0 Å². The van der Waals surface area contributed by atoms with Gasteiger partial charge in [-0.1, -0.05) is 25.2 Å². The summed E-state index contributed by atoms with van der Waals surface area (Å²) < 4.78 is 39.3. The minimum atomic E-state index is -4.23. The van der Waals surface area contributed by atoms with Crippen LogP contribution in [0.15, 0.2) is 30.4 Å². The van der Waals surface area contributed by atoms with Gasteiger partial charge in [0.15, 0.2) is 0 Å². The Balaban J connectivity index is 1.96. The molecular weight excluding hydrogens is 291 g/mol. The van der Waals surface area contributed by atoms with E-state index in [0.29, 0.717) is 11.3 Å². The van der Waals surface area contributed by atoms with Gasteiger partial charge in [-0.25, -0.2) is 4.98 Å². The highest BCUT2D eigenvalue weighted by atomic mass is 19.4. The number of pyridine rings is 1. The van der Waals surface area contributed by atoms with Gasteiger partial charge >= 0.3 is 6.18 Å². The Morgan fingerprint density at radius 2 is 2.09 bits per heavy atom. The molecule has 0 amide bonds. The molecule has 1 aliphatic heterocycles. The molecule has 0 saturated carbocycles. The largest absolute Gasteiger partial charge is 0.395 e. The summed E-state index contributed by atoms with van der Waals surface area (Å²) >= 11 is 0. The Morgan fingerprint density at radius 3 is 2.82 bits per heavy atom. The van der Waals surface area contributed by atoms with Crippen molar-refractivity contribution in [3.05, 3.63) is 36.1 Å². The maximum atomic E-state index is 13.1. The van der Waals surface area contributed by atoms with Gasteiger partial charge in [0.25, 0.3) is 0 Å². The van der Waals surface area contributed by atoms with E-state index in [1.807, 2.05) is 13.1 Å². The van der Waals surface area contributed by atoms with Gasteiger partial charge in [0.05, 0.1) is 17.3 Å². The smallest absolute Gasteiger partial charge is 0.370 e. The van der Waals surface area contributed by atoms with E-state index < -0.39 is 18.0 Å². The summed E-state index contributed by atoms with van der Waals surface area (Å²) in [5.74, 6) is -1.28. The van der Waals surface area contributed by atoms with E-state index in [9.17, 15) is 13.2 Å². The molecule has 2 heterocycles. The fourth-order valence-electron chi connectivity index (χ4n) is 2.85. The van der Waals surface area contributed by atoms with Gasteiger partial charge in [0, 0.05) is 20.1 Å². The third kappa shape index (κ3) is 2.69. The number of hydrogen-bond acceptors (Lipinski definition) is 3. The number of aromatic nitrogens is 1. The summed E-state index contributed by atoms with van der Waals surface area (Å²) in [7, 11) is 1.97. The fraction of sp³-hybridized carbons (Fsp3) is 0.438. The van der Waals surface area contributed by atoms with Crippen LogP contribution in [0.1, 0.15) is 12.6 Å². The molecule has 1 aromatic rings. The van der Waals surface area contributed by atoms with Crippen LogP contribution in [0.3, 0.4) is 0 Å². The summed E-state index contributed by atoms with van der Waals surface area (Å²) in [6, 6.07) is 3.68. The lowest BCUT2D eigenvalue weighted by Gasteiger charge is -2.28. The molecule has 0 spiro atoms. The summed E-state index contributed by atoms with van der Waals surface area (Å²) in [5.41, 5.74) is 2.06. The zero-order valence-corrected chi connectivity index (χ0v) is 12.5. The maximum Gasteiger partial charge on any atom is 0.395 e. The molecule has 1 N–H and O–H groups in total. The lowest BCUT2D eigenvalue weighted by Crippen LogP contribution is -2.31. The highest BCUT2D eigenvalue weighted by Crippen LogP contribution is 2.39. The Bertz CT molecular complexity index is 634. The van der Waals surface area contributed by atoms with Crippen LogP contribution in [0.25, 0.3) is 5.57 Å². The second-order valence-corrected chi connectivity index (χ2v) is 5.82. The van der Waals surface area contributed by atoms with Crippen molar-refractivity contribution in [1.82, 2.24) is 4.98 Å². The minimum absolute atomic E-state index is 0.526. The van der Waals surface area contributed by atoms with Gasteiger partial charge in [-0.05, 0) is 23.6 Å². The Labute approximate surface area is 127 Å². The third-order valence-corrected chi connectivity index (χ3v) is 4.20. The van der Waals surface area contributed by atoms with Crippen molar-refractivity contribution in [1.29, 1.82) is 0 Å². The molecule has 0 bridgehead atoms. The van der Waals surface area contributed by atoms with Crippen molar-refractivity contribution in [2.45, 2.75) is 13.1 Å². The molecule has 3 rings (SSSR count). The number of nitrogens with one attached hydrogen (secondary N) is 1. The van der Waals surface area contributed by atoms with Crippen molar-refractivity contribution in [3.8, 4) is 0 Å². The molecule has 0 radical (unpaired) electrons. The molecule has 6 heteroatoms. The second kappa shape index (κ2) is 5.34. The molecule has 1 aliphatic carbocycles. The summed E-state index contributed by atoms with van der Waals surface area (Å²) in [6.07, 6.45) is 0.385. The van der Waals surface area contributed by atoms with Crippen molar-refractivity contribution in [2.24, 2.45) is 11.8 Å². The maximum absolute atomic E-state index is 13.1.